The first kappa shape index (κ1) is 6.62. The Bertz CT molecular complexity index is 70.6. The van der Waals surface area contributed by atoms with Gasteiger partial charge in [0.15, 0.2) is 0 Å². The second kappa shape index (κ2) is 2.74. The minimum Gasteiger partial charge on any atom is -0.450 e. The van der Waals surface area contributed by atoms with Crippen LogP contribution in [0.4, 0.5) is 4.79 Å². The van der Waals surface area contributed by atoms with E-state index in [4.69, 9.17) is 5.11 Å². The quantitative estimate of drug-likeness (QED) is 0.309. The highest BCUT2D eigenvalue weighted by atomic mass is 32.1. The lowest BCUT2D eigenvalue weighted by Crippen LogP contribution is -2.05. The molecule has 0 aliphatic rings. The molecule has 4 heteroatoms. The van der Waals surface area contributed by atoms with E-state index in [0.717, 1.165) is 0 Å². The van der Waals surface area contributed by atoms with Crippen molar-refractivity contribution in [3.8, 4) is 0 Å². The zero-order chi connectivity index (χ0) is 5.86. The Hall–Kier alpha value is -0.380. The van der Waals surface area contributed by atoms with E-state index in [1.54, 1.807) is 0 Å². The lowest BCUT2D eigenvalue weighted by molar-refractivity contribution is 0.0876. The Morgan fingerprint density at radius 1 is 2.00 bits per heavy atom. The van der Waals surface area contributed by atoms with Crippen molar-refractivity contribution in [2.75, 3.05) is 0 Å². The maximum absolute atomic E-state index is 9.54. The first-order valence-corrected chi connectivity index (χ1v) is 2.22. The normalized spacial score (nSPS) is 12.9. The standard InChI is InChI=1S/C3H6O3S/c1-2(7)6-3(4)5/h2,7H,1H3,(H,4,5). The smallest absolute Gasteiger partial charge is 0.450 e. The second-order valence-corrected chi connectivity index (χ2v) is 1.71. The molecule has 1 N–H and O–H groups in total. The summed E-state index contributed by atoms with van der Waals surface area (Å²) in [7, 11) is 0. The van der Waals surface area contributed by atoms with Crippen LogP contribution in [0.15, 0.2) is 0 Å². The molecule has 1 unspecified atom stereocenters. The van der Waals surface area contributed by atoms with Gasteiger partial charge in [-0.25, -0.2) is 4.79 Å². The Labute approximate surface area is 46.7 Å². The topological polar surface area (TPSA) is 46.5 Å². The molecule has 0 spiro atoms. The summed E-state index contributed by atoms with van der Waals surface area (Å²) in [5.74, 6) is 0. The number of carbonyl (C=O) groups is 1. The average molecular weight is 122 g/mol. The van der Waals surface area contributed by atoms with E-state index in [9.17, 15) is 4.79 Å². The van der Waals surface area contributed by atoms with Gasteiger partial charge in [-0.3, -0.25) is 0 Å². The summed E-state index contributed by atoms with van der Waals surface area (Å²) < 4.78 is 4.03. The van der Waals surface area contributed by atoms with Crippen LogP contribution < -0.4 is 0 Å². The van der Waals surface area contributed by atoms with Crippen molar-refractivity contribution >= 4 is 18.8 Å². The molecule has 0 saturated heterocycles. The van der Waals surface area contributed by atoms with Crippen LogP contribution >= 0.6 is 12.6 Å². The Kier molecular flexibility index (Phi) is 2.59. The third-order valence-corrected chi connectivity index (χ3v) is 0.377. The van der Waals surface area contributed by atoms with Crippen molar-refractivity contribution in [3.63, 3.8) is 0 Å². The van der Waals surface area contributed by atoms with Gasteiger partial charge in [0, 0.05) is 0 Å². The fraction of sp³-hybridized carbons (Fsp3) is 0.667. The largest absolute Gasteiger partial charge is 0.506 e. The van der Waals surface area contributed by atoms with Gasteiger partial charge in [-0.15, -0.1) is 12.6 Å². The monoisotopic (exact) mass is 122 g/mol. The summed E-state index contributed by atoms with van der Waals surface area (Å²) in [6.07, 6.45) is -1.29. The second-order valence-electron chi connectivity index (χ2n) is 0.983. The molecule has 0 fully saturated rings. The highest BCUT2D eigenvalue weighted by molar-refractivity contribution is 7.80. The van der Waals surface area contributed by atoms with Crippen LogP contribution in [0, 0.1) is 0 Å². The van der Waals surface area contributed by atoms with Gasteiger partial charge in [-0.2, -0.15) is 0 Å². The van der Waals surface area contributed by atoms with Crippen molar-refractivity contribution in [1.82, 2.24) is 0 Å². The molecule has 0 aromatic rings. The molecule has 0 aliphatic carbocycles. The van der Waals surface area contributed by atoms with Crippen LogP contribution in [0.2, 0.25) is 0 Å². The number of carboxylic acid groups (broad SMARTS) is 1. The Morgan fingerprint density at radius 3 is 2.43 bits per heavy atom. The predicted octanol–water partition coefficient (Wildman–Crippen LogP) is 0.957. The SMILES string of the molecule is CC(S)OC(=O)O. The zero-order valence-electron chi connectivity index (χ0n) is 3.79. The molecule has 0 aliphatic heterocycles. The summed E-state index contributed by atoms with van der Waals surface area (Å²) in [4.78, 5) is 9.54. The van der Waals surface area contributed by atoms with Crippen molar-refractivity contribution in [2.24, 2.45) is 0 Å². The summed E-state index contributed by atoms with van der Waals surface area (Å²) in [6, 6.07) is 0. The molecule has 0 amide bonds. The minimum atomic E-state index is -1.29. The molecule has 0 bridgehead atoms. The molecule has 0 aromatic carbocycles. The van der Waals surface area contributed by atoms with Crippen LogP contribution in [0.25, 0.3) is 0 Å². The van der Waals surface area contributed by atoms with Gasteiger partial charge in [-0.05, 0) is 6.92 Å². The van der Waals surface area contributed by atoms with E-state index >= 15 is 0 Å². The summed E-state index contributed by atoms with van der Waals surface area (Å²) >= 11 is 3.63. The van der Waals surface area contributed by atoms with Crippen LogP contribution in [0.5, 0.6) is 0 Å². The maximum atomic E-state index is 9.54. The highest BCUT2D eigenvalue weighted by Crippen LogP contribution is 1.93. The van der Waals surface area contributed by atoms with E-state index < -0.39 is 11.6 Å². The Balaban J connectivity index is 3.13. The third kappa shape index (κ3) is 5.62. The lowest BCUT2D eigenvalue weighted by Gasteiger charge is -1.98. The van der Waals surface area contributed by atoms with Crippen LogP contribution in [0.3, 0.4) is 0 Å². The van der Waals surface area contributed by atoms with Crippen LogP contribution in [0.1, 0.15) is 6.92 Å². The number of hydrogen-bond acceptors (Lipinski definition) is 3. The number of hydrogen-bond donors (Lipinski definition) is 2. The molecule has 0 aromatic heterocycles. The third-order valence-electron chi connectivity index (χ3n) is 0.271. The number of ether oxygens (including phenoxy) is 1. The van der Waals surface area contributed by atoms with E-state index in [2.05, 4.69) is 17.4 Å². The predicted molar refractivity (Wildman–Crippen MR) is 27.6 cm³/mol. The van der Waals surface area contributed by atoms with E-state index in [0.29, 0.717) is 0 Å². The summed E-state index contributed by atoms with van der Waals surface area (Å²) in [6.45, 7) is 1.53. The molecular weight excluding hydrogens is 116 g/mol. The van der Waals surface area contributed by atoms with E-state index in [1.165, 1.54) is 6.92 Å². The number of thiol groups is 1. The molecule has 0 radical (unpaired) electrons. The van der Waals surface area contributed by atoms with Crippen molar-refractivity contribution < 1.29 is 14.6 Å². The molecule has 3 nitrogen and oxygen atoms in total. The van der Waals surface area contributed by atoms with Gasteiger partial charge in [-0.1, -0.05) is 0 Å². The van der Waals surface area contributed by atoms with Gasteiger partial charge in [0.25, 0.3) is 0 Å². The minimum absolute atomic E-state index is 0.530. The van der Waals surface area contributed by atoms with Crippen LogP contribution in [-0.4, -0.2) is 16.7 Å². The van der Waals surface area contributed by atoms with E-state index in [-0.39, 0.29) is 0 Å². The molecule has 7 heavy (non-hydrogen) atoms. The van der Waals surface area contributed by atoms with Gasteiger partial charge in [0.2, 0.25) is 0 Å². The highest BCUT2D eigenvalue weighted by Gasteiger charge is 1.97. The van der Waals surface area contributed by atoms with Crippen LogP contribution in [-0.2, 0) is 4.74 Å². The molecule has 0 heterocycles. The first-order valence-electron chi connectivity index (χ1n) is 1.70. The Morgan fingerprint density at radius 2 is 2.43 bits per heavy atom. The lowest BCUT2D eigenvalue weighted by atomic mass is 10.9. The fourth-order valence-corrected chi connectivity index (χ4v) is 0.236. The molecule has 0 rings (SSSR count). The van der Waals surface area contributed by atoms with Gasteiger partial charge in [0.1, 0.15) is 5.44 Å². The van der Waals surface area contributed by atoms with Gasteiger partial charge in [0.05, 0.1) is 0 Å². The first-order chi connectivity index (χ1) is 3.13. The fourth-order valence-electron chi connectivity index (χ4n) is 0.146. The molecular formula is C3H6O3S. The molecule has 0 saturated carbocycles. The van der Waals surface area contributed by atoms with E-state index in [1.807, 2.05) is 0 Å². The van der Waals surface area contributed by atoms with Gasteiger partial charge < -0.3 is 9.84 Å². The number of rotatable bonds is 1. The summed E-state index contributed by atoms with van der Waals surface area (Å²) in [5, 5.41) is 7.81. The van der Waals surface area contributed by atoms with Crippen molar-refractivity contribution in [3.05, 3.63) is 0 Å². The average Bonchev–Trinajstić information content (AvgIpc) is 1.27. The summed E-state index contributed by atoms with van der Waals surface area (Å²) in [5.41, 5.74) is -0.530. The maximum Gasteiger partial charge on any atom is 0.506 e. The van der Waals surface area contributed by atoms with Gasteiger partial charge >= 0.3 is 6.16 Å². The zero-order valence-corrected chi connectivity index (χ0v) is 4.68. The molecule has 42 valence electrons. The van der Waals surface area contributed by atoms with Crippen molar-refractivity contribution in [1.29, 1.82) is 0 Å². The molecule has 1 atom stereocenters. The van der Waals surface area contributed by atoms with Crippen molar-refractivity contribution in [2.45, 2.75) is 12.4 Å².